The Labute approximate surface area is 79.7 Å². The summed E-state index contributed by atoms with van der Waals surface area (Å²) in [6.07, 6.45) is 5.39. The molecule has 1 aromatic carbocycles. The lowest BCUT2D eigenvalue weighted by molar-refractivity contribution is 0.413. The zero-order chi connectivity index (χ0) is 9.10. The van der Waals surface area contributed by atoms with Gasteiger partial charge in [0.25, 0.3) is 0 Å². The first-order valence-electron chi connectivity index (χ1n) is 4.96. The van der Waals surface area contributed by atoms with E-state index >= 15 is 0 Å². The second kappa shape index (κ2) is 3.82. The topological polar surface area (TPSA) is 9.23 Å². The van der Waals surface area contributed by atoms with Crippen molar-refractivity contribution in [2.75, 3.05) is 7.11 Å². The highest BCUT2D eigenvalue weighted by Gasteiger charge is 2.17. The van der Waals surface area contributed by atoms with E-state index < -0.39 is 0 Å². The molecule has 0 atom stereocenters. The third-order valence-electron chi connectivity index (χ3n) is 2.83. The van der Waals surface area contributed by atoms with E-state index in [2.05, 4.69) is 12.1 Å². The monoisotopic (exact) mass is 175 g/mol. The van der Waals surface area contributed by atoms with Crippen LogP contribution in [0.15, 0.2) is 18.2 Å². The lowest BCUT2D eigenvalue weighted by Gasteiger charge is -2.09. The second-order valence-electron chi connectivity index (χ2n) is 3.67. The summed E-state index contributed by atoms with van der Waals surface area (Å²) in [5.41, 5.74) is 1.33. The highest BCUT2D eigenvalue weighted by molar-refractivity contribution is 5.30. The quantitative estimate of drug-likeness (QED) is 0.671. The van der Waals surface area contributed by atoms with E-state index in [1.807, 2.05) is 12.1 Å². The highest BCUT2D eigenvalue weighted by atomic mass is 16.5. The van der Waals surface area contributed by atoms with E-state index in [1.165, 1.54) is 31.2 Å². The Kier molecular flexibility index (Phi) is 2.53. The van der Waals surface area contributed by atoms with Gasteiger partial charge in [0.1, 0.15) is 5.75 Å². The van der Waals surface area contributed by atoms with Gasteiger partial charge in [0, 0.05) is 0 Å². The van der Waals surface area contributed by atoms with E-state index in [0.29, 0.717) is 0 Å². The predicted molar refractivity (Wildman–Crippen MR) is 53.0 cm³/mol. The van der Waals surface area contributed by atoms with Crippen LogP contribution in [0.5, 0.6) is 5.75 Å². The molecule has 0 unspecified atom stereocenters. The van der Waals surface area contributed by atoms with Crippen LogP contribution in [0.1, 0.15) is 37.2 Å². The third-order valence-corrected chi connectivity index (χ3v) is 2.83. The van der Waals surface area contributed by atoms with Gasteiger partial charge in [0.15, 0.2) is 0 Å². The normalized spacial score (nSPS) is 17.6. The minimum atomic E-state index is 0.732. The Morgan fingerprint density at radius 2 is 2.15 bits per heavy atom. The van der Waals surface area contributed by atoms with Crippen molar-refractivity contribution in [2.45, 2.75) is 31.6 Å². The SMILES string of the molecule is COc1cc[c]c(C2CCCC2)c1. The maximum absolute atomic E-state index is 5.19. The van der Waals surface area contributed by atoms with Gasteiger partial charge in [-0.15, -0.1) is 0 Å². The van der Waals surface area contributed by atoms with Crippen LogP contribution < -0.4 is 4.74 Å². The molecule has 0 aliphatic heterocycles. The maximum atomic E-state index is 5.19. The molecule has 1 radical (unpaired) electrons. The lowest BCUT2D eigenvalue weighted by atomic mass is 9.98. The summed E-state index contributed by atoms with van der Waals surface area (Å²) in [4.78, 5) is 0. The van der Waals surface area contributed by atoms with Crippen LogP contribution in [-0.2, 0) is 0 Å². The Hall–Kier alpha value is -0.980. The van der Waals surface area contributed by atoms with E-state index in [1.54, 1.807) is 7.11 Å². The van der Waals surface area contributed by atoms with Gasteiger partial charge in [-0.1, -0.05) is 18.9 Å². The van der Waals surface area contributed by atoms with Crippen LogP contribution in [0, 0.1) is 6.07 Å². The molecule has 0 heterocycles. The zero-order valence-corrected chi connectivity index (χ0v) is 8.05. The number of rotatable bonds is 2. The molecule has 2 rings (SSSR count). The van der Waals surface area contributed by atoms with Crippen LogP contribution in [0.3, 0.4) is 0 Å². The second-order valence-corrected chi connectivity index (χ2v) is 3.67. The zero-order valence-electron chi connectivity index (χ0n) is 8.05. The van der Waals surface area contributed by atoms with Crippen LogP contribution in [-0.4, -0.2) is 7.11 Å². The van der Waals surface area contributed by atoms with Crippen molar-refractivity contribution < 1.29 is 4.74 Å². The standard InChI is InChI=1S/C12H15O/c1-13-12-8-4-7-11(9-12)10-5-2-3-6-10/h4,8-10H,2-3,5-6H2,1H3. The van der Waals surface area contributed by atoms with Crippen LogP contribution >= 0.6 is 0 Å². The molecular weight excluding hydrogens is 160 g/mol. The van der Waals surface area contributed by atoms with Crippen molar-refractivity contribution in [3.63, 3.8) is 0 Å². The van der Waals surface area contributed by atoms with Gasteiger partial charge >= 0.3 is 0 Å². The number of hydrogen-bond acceptors (Lipinski definition) is 1. The summed E-state index contributed by atoms with van der Waals surface area (Å²) in [6, 6.07) is 9.35. The van der Waals surface area contributed by atoms with Gasteiger partial charge < -0.3 is 4.74 Å². The Morgan fingerprint density at radius 1 is 1.38 bits per heavy atom. The highest BCUT2D eigenvalue weighted by Crippen LogP contribution is 2.34. The average molecular weight is 175 g/mol. The minimum absolute atomic E-state index is 0.732. The van der Waals surface area contributed by atoms with E-state index in [9.17, 15) is 0 Å². The summed E-state index contributed by atoms with van der Waals surface area (Å²) in [7, 11) is 1.72. The van der Waals surface area contributed by atoms with Gasteiger partial charge in [-0.05, 0) is 42.5 Å². The van der Waals surface area contributed by atoms with Crippen molar-refractivity contribution in [3.8, 4) is 5.75 Å². The molecule has 1 aliphatic carbocycles. The van der Waals surface area contributed by atoms with Crippen molar-refractivity contribution in [3.05, 3.63) is 29.8 Å². The predicted octanol–water partition coefficient (Wildman–Crippen LogP) is 3.15. The molecule has 1 aromatic rings. The molecule has 0 bridgehead atoms. The summed E-state index contributed by atoms with van der Waals surface area (Å²) in [5, 5.41) is 0. The summed E-state index contributed by atoms with van der Waals surface area (Å²) in [6.45, 7) is 0. The molecule has 69 valence electrons. The molecule has 0 saturated heterocycles. The maximum Gasteiger partial charge on any atom is 0.119 e. The van der Waals surface area contributed by atoms with E-state index in [-0.39, 0.29) is 0 Å². The molecule has 0 amide bonds. The molecule has 1 saturated carbocycles. The number of benzene rings is 1. The molecule has 13 heavy (non-hydrogen) atoms. The van der Waals surface area contributed by atoms with Gasteiger partial charge in [0.2, 0.25) is 0 Å². The van der Waals surface area contributed by atoms with Crippen LogP contribution in [0.2, 0.25) is 0 Å². The average Bonchev–Trinajstić information content (AvgIpc) is 2.71. The first-order chi connectivity index (χ1) is 6.40. The molecule has 0 aromatic heterocycles. The van der Waals surface area contributed by atoms with Gasteiger partial charge in [-0.3, -0.25) is 0 Å². The fraction of sp³-hybridized carbons (Fsp3) is 0.500. The Bertz CT molecular complexity index is 274. The number of methoxy groups -OCH3 is 1. The van der Waals surface area contributed by atoms with Crippen LogP contribution in [0.4, 0.5) is 0 Å². The number of hydrogen-bond donors (Lipinski definition) is 0. The van der Waals surface area contributed by atoms with Crippen molar-refractivity contribution in [1.29, 1.82) is 0 Å². The molecule has 1 aliphatic rings. The summed E-state index contributed by atoms with van der Waals surface area (Å²) in [5.74, 6) is 1.69. The lowest BCUT2D eigenvalue weighted by Crippen LogP contribution is -1.93. The summed E-state index contributed by atoms with van der Waals surface area (Å²) < 4.78 is 5.19. The molecule has 0 N–H and O–H groups in total. The third kappa shape index (κ3) is 1.85. The molecule has 1 fully saturated rings. The fourth-order valence-electron chi connectivity index (χ4n) is 2.06. The van der Waals surface area contributed by atoms with Crippen molar-refractivity contribution in [1.82, 2.24) is 0 Å². The van der Waals surface area contributed by atoms with Gasteiger partial charge in [-0.2, -0.15) is 0 Å². The molecule has 1 nitrogen and oxygen atoms in total. The minimum Gasteiger partial charge on any atom is -0.497 e. The summed E-state index contributed by atoms with van der Waals surface area (Å²) >= 11 is 0. The van der Waals surface area contributed by atoms with E-state index in [0.717, 1.165) is 11.7 Å². The van der Waals surface area contributed by atoms with Crippen molar-refractivity contribution in [2.24, 2.45) is 0 Å². The molecular formula is C12H15O. The smallest absolute Gasteiger partial charge is 0.119 e. The first-order valence-corrected chi connectivity index (χ1v) is 4.96. The Balaban J connectivity index is 2.18. The molecule has 0 spiro atoms. The first kappa shape index (κ1) is 8.61. The molecule has 1 heteroatoms. The van der Waals surface area contributed by atoms with E-state index in [4.69, 9.17) is 4.74 Å². The number of ether oxygens (including phenoxy) is 1. The fourth-order valence-corrected chi connectivity index (χ4v) is 2.06. The van der Waals surface area contributed by atoms with Gasteiger partial charge in [-0.25, -0.2) is 0 Å². The van der Waals surface area contributed by atoms with Gasteiger partial charge in [0.05, 0.1) is 7.11 Å². The largest absolute Gasteiger partial charge is 0.497 e. The Morgan fingerprint density at radius 3 is 2.85 bits per heavy atom. The van der Waals surface area contributed by atoms with Crippen molar-refractivity contribution >= 4 is 0 Å². The van der Waals surface area contributed by atoms with Crippen LogP contribution in [0.25, 0.3) is 0 Å².